The van der Waals surface area contributed by atoms with Gasteiger partial charge in [-0.05, 0) is 17.7 Å². The van der Waals surface area contributed by atoms with Crippen molar-refractivity contribution in [2.45, 2.75) is 13.0 Å². The van der Waals surface area contributed by atoms with E-state index >= 15 is 0 Å². The first-order valence-electron chi connectivity index (χ1n) is 6.31. The summed E-state index contributed by atoms with van der Waals surface area (Å²) < 4.78 is 1.62. The molecule has 2 N–H and O–H groups in total. The molecule has 0 unspecified atom stereocenters. The average Bonchev–Trinajstić information content (AvgIpc) is 2.90. The smallest absolute Gasteiger partial charge is 0.356 e. The number of carbonyl (C=O) groups excluding carboxylic acids is 1. The minimum absolute atomic E-state index is 0.0116. The Morgan fingerprint density at radius 3 is 2.62 bits per heavy atom. The van der Waals surface area contributed by atoms with Crippen LogP contribution in [0, 0.1) is 0 Å². The number of benzene rings is 1. The van der Waals surface area contributed by atoms with Gasteiger partial charge in [-0.15, -0.1) is 0 Å². The lowest BCUT2D eigenvalue weighted by Crippen LogP contribution is -2.28. The van der Waals surface area contributed by atoms with Gasteiger partial charge < -0.3 is 15.0 Å². The fraction of sp³-hybridized carbons (Fsp3) is 0.214. The number of carboxylic acid groups (broad SMARTS) is 1. The van der Waals surface area contributed by atoms with Crippen molar-refractivity contribution in [3.8, 4) is 0 Å². The minimum Gasteiger partial charge on any atom is -0.476 e. The number of carbonyl (C=O) groups is 2. The lowest BCUT2D eigenvalue weighted by atomic mass is 10.1. The van der Waals surface area contributed by atoms with E-state index < -0.39 is 5.97 Å². The van der Waals surface area contributed by atoms with E-state index in [1.165, 1.54) is 12.5 Å². The Bertz CT molecular complexity index is 637. The number of amides is 1. The number of imidazole rings is 1. The van der Waals surface area contributed by atoms with Gasteiger partial charge >= 0.3 is 5.97 Å². The molecule has 2 aromatic rings. The molecule has 0 aliphatic carbocycles. The molecular formula is C14H14ClN3O3. The Kier molecular flexibility index (Phi) is 4.94. The largest absolute Gasteiger partial charge is 0.476 e. The molecule has 0 aliphatic rings. The first-order chi connectivity index (χ1) is 10.0. The number of hydrogen-bond donors (Lipinski definition) is 2. The number of aromatic carboxylic acids is 1. The van der Waals surface area contributed by atoms with E-state index in [1.807, 2.05) is 0 Å². The Morgan fingerprint density at radius 1 is 1.29 bits per heavy atom. The van der Waals surface area contributed by atoms with E-state index in [1.54, 1.807) is 28.8 Å². The maximum Gasteiger partial charge on any atom is 0.356 e. The molecule has 110 valence electrons. The number of carboxylic acids is 1. The molecule has 1 heterocycles. The van der Waals surface area contributed by atoms with Crippen LogP contribution in [0.4, 0.5) is 0 Å². The normalized spacial score (nSPS) is 10.3. The lowest BCUT2D eigenvalue weighted by Gasteiger charge is -2.06. The molecule has 1 aromatic carbocycles. The molecule has 6 nitrogen and oxygen atoms in total. The van der Waals surface area contributed by atoms with Crippen molar-refractivity contribution in [1.29, 1.82) is 0 Å². The molecular weight excluding hydrogens is 294 g/mol. The van der Waals surface area contributed by atoms with Gasteiger partial charge in [-0.2, -0.15) is 0 Å². The average molecular weight is 308 g/mol. The molecule has 0 radical (unpaired) electrons. The summed E-state index contributed by atoms with van der Waals surface area (Å²) in [6.07, 6.45) is 3.13. The fourth-order valence-electron chi connectivity index (χ4n) is 1.77. The van der Waals surface area contributed by atoms with Gasteiger partial charge in [0.05, 0.1) is 12.7 Å². The Labute approximate surface area is 126 Å². The summed E-state index contributed by atoms with van der Waals surface area (Å²) in [5.41, 5.74) is 0.871. The summed E-state index contributed by atoms with van der Waals surface area (Å²) in [7, 11) is 0. The Hall–Kier alpha value is -2.34. The molecule has 2 rings (SSSR count). The highest BCUT2D eigenvalue weighted by Crippen LogP contribution is 2.09. The third-order valence-corrected chi connectivity index (χ3v) is 3.07. The summed E-state index contributed by atoms with van der Waals surface area (Å²) in [6.45, 7) is 0.870. The summed E-state index contributed by atoms with van der Waals surface area (Å²) in [4.78, 5) is 26.1. The zero-order valence-corrected chi connectivity index (χ0v) is 11.9. The van der Waals surface area contributed by atoms with E-state index in [0.717, 1.165) is 5.56 Å². The molecule has 0 saturated carbocycles. The maximum atomic E-state index is 11.7. The lowest BCUT2D eigenvalue weighted by molar-refractivity contribution is -0.120. The number of nitrogens with zero attached hydrogens (tertiary/aromatic N) is 2. The van der Waals surface area contributed by atoms with Gasteiger partial charge in [-0.3, -0.25) is 4.79 Å². The molecule has 0 fully saturated rings. The van der Waals surface area contributed by atoms with Crippen LogP contribution in [0.1, 0.15) is 16.1 Å². The van der Waals surface area contributed by atoms with Crippen molar-refractivity contribution in [2.75, 3.05) is 6.54 Å². The molecule has 0 saturated heterocycles. The summed E-state index contributed by atoms with van der Waals surface area (Å²) in [5.74, 6) is -1.17. The highest BCUT2D eigenvalue weighted by atomic mass is 35.5. The van der Waals surface area contributed by atoms with Crippen molar-refractivity contribution in [3.63, 3.8) is 0 Å². The zero-order chi connectivity index (χ0) is 15.2. The van der Waals surface area contributed by atoms with Gasteiger partial charge in [0.25, 0.3) is 0 Å². The standard InChI is InChI=1S/C14H14ClN3O3/c15-11-3-1-10(2-4-11)7-13(19)16-5-6-18-8-12(14(20)21)17-9-18/h1-4,8-9H,5-7H2,(H,16,19)(H,20,21). The Balaban J connectivity index is 1.76. The molecule has 1 amide bonds. The first kappa shape index (κ1) is 15.1. The second-order valence-electron chi connectivity index (χ2n) is 4.46. The number of aromatic nitrogens is 2. The van der Waals surface area contributed by atoms with Crippen LogP contribution in [0.15, 0.2) is 36.8 Å². The maximum absolute atomic E-state index is 11.7. The SMILES string of the molecule is O=C(Cc1ccc(Cl)cc1)NCCn1cnc(C(=O)O)c1. The van der Waals surface area contributed by atoms with Crippen molar-refractivity contribution < 1.29 is 14.7 Å². The van der Waals surface area contributed by atoms with E-state index in [0.29, 0.717) is 18.1 Å². The van der Waals surface area contributed by atoms with Gasteiger partial charge in [0.1, 0.15) is 0 Å². The molecule has 0 aliphatic heterocycles. The quantitative estimate of drug-likeness (QED) is 0.849. The van der Waals surface area contributed by atoms with Gasteiger partial charge in [0.15, 0.2) is 5.69 Å². The van der Waals surface area contributed by atoms with E-state index in [-0.39, 0.29) is 18.0 Å². The van der Waals surface area contributed by atoms with E-state index in [9.17, 15) is 9.59 Å². The monoisotopic (exact) mass is 307 g/mol. The number of hydrogen-bond acceptors (Lipinski definition) is 3. The van der Waals surface area contributed by atoms with Gasteiger partial charge in [0.2, 0.25) is 5.91 Å². The van der Waals surface area contributed by atoms with Crippen molar-refractivity contribution in [3.05, 3.63) is 53.1 Å². The molecule has 1 aromatic heterocycles. The third-order valence-electron chi connectivity index (χ3n) is 2.82. The highest BCUT2D eigenvalue weighted by molar-refractivity contribution is 6.30. The van der Waals surface area contributed by atoms with Crippen molar-refractivity contribution in [2.24, 2.45) is 0 Å². The van der Waals surface area contributed by atoms with Gasteiger partial charge in [-0.25, -0.2) is 9.78 Å². The van der Waals surface area contributed by atoms with Gasteiger partial charge in [0, 0.05) is 24.3 Å². The summed E-state index contributed by atoms with van der Waals surface area (Å²) >= 11 is 5.77. The predicted molar refractivity (Wildman–Crippen MR) is 77.4 cm³/mol. The predicted octanol–water partition coefficient (Wildman–Crippen LogP) is 1.59. The fourth-order valence-corrected chi connectivity index (χ4v) is 1.89. The first-order valence-corrected chi connectivity index (χ1v) is 6.68. The molecule has 0 spiro atoms. The molecule has 0 bridgehead atoms. The van der Waals surface area contributed by atoms with Crippen LogP contribution in [0.25, 0.3) is 0 Å². The van der Waals surface area contributed by atoms with Crippen molar-refractivity contribution >= 4 is 23.5 Å². The van der Waals surface area contributed by atoms with Crippen LogP contribution in [0.2, 0.25) is 5.02 Å². The summed E-state index contributed by atoms with van der Waals surface area (Å²) in [5, 5.41) is 12.1. The van der Waals surface area contributed by atoms with Crippen molar-refractivity contribution in [1.82, 2.24) is 14.9 Å². The Morgan fingerprint density at radius 2 is 2.00 bits per heavy atom. The van der Waals surface area contributed by atoms with E-state index in [2.05, 4.69) is 10.3 Å². The summed E-state index contributed by atoms with van der Waals surface area (Å²) in [6, 6.07) is 7.08. The third kappa shape index (κ3) is 4.61. The number of nitrogens with one attached hydrogen (secondary N) is 1. The van der Waals surface area contributed by atoms with Crippen LogP contribution in [0.3, 0.4) is 0 Å². The second-order valence-corrected chi connectivity index (χ2v) is 4.89. The number of halogens is 1. The van der Waals surface area contributed by atoms with Gasteiger partial charge in [-0.1, -0.05) is 23.7 Å². The van der Waals surface area contributed by atoms with Crippen LogP contribution >= 0.6 is 11.6 Å². The molecule has 7 heteroatoms. The number of rotatable bonds is 6. The van der Waals surface area contributed by atoms with Crippen LogP contribution in [-0.4, -0.2) is 33.1 Å². The van der Waals surface area contributed by atoms with Crippen LogP contribution in [0.5, 0.6) is 0 Å². The topological polar surface area (TPSA) is 84.2 Å². The molecule has 0 atom stereocenters. The second kappa shape index (κ2) is 6.90. The van der Waals surface area contributed by atoms with Crippen LogP contribution < -0.4 is 5.32 Å². The van der Waals surface area contributed by atoms with E-state index in [4.69, 9.17) is 16.7 Å². The zero-order valence-electron chi connectivity index (χ0n) is 11.1. The molecule has 21 heavy (non-hydrogen) atoms. The van der Waals surface area contributed by atoms with Crippen LogP contribution in [-0.2, 0) is 17.8 Å². The minimum atomic E-state index is -1.07. The highest BCUT2D eigenvalue weighted by Gasteiger charge is 2.07.